The van der Waals surface area contributed by atoms with Crippen molar-refractivity contribution >= 4 is 10.9 Å². The first kappa shape index (κ1) is 16.9. The monoisotopic (exact) mass is 382 g/mol. The van der Waals surface area contributed by atoms with Crippen molar-refractivity contribution < 1.29 is 13.7 Å². The van der Waals surface area contributed by atoms with Crippen molar-refractivity contribution in [1.82, 2.24) is 30.2 Å². The van der Waals surface area contributed by atoms with Crippen molar-refractivity contribution in [2.75, 3.05) is 13.7 Å². The summed E-state index contributed by atoms with van der Waals surface area (Å²) in [5.74, 6) is 0.200. The van der Waals surface area contributed by atoms with Crippen molar-refractivity contribution in [1.29, 1.82) is 0 Å². The third kappa shape index (κ3) is 2.28. The lowest BCUT2D eigenvalue weighted by Gasteiger charge is -2.32. The number of aromatic amines is 1. The van der Waals surface area contributed by atoms with Crippen LogP contribution in [-0.2, 0) is 30.4 Å². The van der Waals surface area contributed by atoms with E-state index in [4.69, 9.17) is 13.7 Å². The highest BCUT2D eigenvalue weighted by atomic mass is 16.5. The molecule has 0 bridgehead atoms. The number of hydrogen-bond donors (Lipinski definition) is 2. The molecule has 1 aliphatic heterocycles. The fourth-order valence-electron chi connectivity index (χ4n) is 3.80. The van der Waals surface area contributed by atoms with E-state index < -0.39 is 11.3 Å². The van der Waals surface area contributed by atoms with Gasteiger partial charge in [0.25, 0.3) is 11.8 Å². The summed E-state index contributed by atoms with van der Waals surface area (Å²) in [5.41, 5.74) is 1.68. The number of fused-ring (bicyclic) bond motifs is 3. The van der Waals surface area contributed by atoms with Gasteiger partial charge in [-0.3, -0.25) is 5.32 Å². The maximum atomic E-state index is 12.1. The van der Waals surface area contributed by atoms with Crippen LogP contribution in [0.15, 0.2) is 38.0 Å². The van der Waals surface area contributed by atoms with E-state index in [2.05, 4.69) is 31.6 Å². The molecule has 1 unspecified atom stereocenters. The lowest BCUT2D eigenvalue weighted by atomic mass is 9.86. The van der Waals surface area contributed by atoms with Crippen LogP contribution in [0, 0.1) is 0 Å². The van der Waals surface area contributed by atoms with Crippen LogP contribution >= 0.6 is 0 Å². The van der Waals surface area contributed by atoms with Crippen LogP contribution in [0.3, 0.4) is 0 Å². The van der Waals surface area contributed by atoms with Crippen molar-refractivity contribution in [3.63, 3.8) is 0 Å². The molecule has 4 heterocycles. The lowest BCUT2D eigenvalue weighted by molar-refractivity contribution is 0.151. The van der Waals surface area contributed by atoms with Gasteiger partial charge in [0.1, 0.15) is 6.61 Å². The predicted octanol–water partition coefficient (Wildman–Crippen LogP) is 0.822. The van der Waals surface area contributed by atoms with Gasteiger partial charge in [0, 0.05) is 31.6 Å². The molecule has 10 heteroatoms. The maximum absolute atomic E-state index is 12.1. The topological polar surface area (TPSA) is 124 Å². The Kier molecular flexibility index (Phi) is 3.71. The molecule has 0 aliphatic carbocycles. The summed E-state index contributed by atoms with van der Waals surface area (Å²) in [4.78, 5) is 20.0. The van der Waals surface area contributed by atoms with Crippen LogP contribution in [0.4, 0.5) is 0 Å². The van der Waals surface area contributed by atoms with Gasteiger partial charge in [-0.05, 0) is 18.1 Å². The van der Waals surface area contributed by atoms with Gasteiger partial charge in [-0.1, -0.05) is 23.4 Å². The Labute approximate surface area is 158 Å². The fraction of sp³-hybridized carbons (Fsp3) is 0.333. The normalized spacial score (nSPS) is 19.2. The predicted molar refractivity (Wildman–Crippen MR) is 96.6 cm³/mol. The molecular formula is C18H18N6O4. The number of nitrogens with one attached hydrogen (secondary N) is 2. The molecule has 2 N–H and O–H groups in total. The van der Waals surface area contributed by atoms with Crippen molar-refractivity contribution in [2.24, 2.45) is 7.05 Å². The van der Waals surface area contributed by atoms with E-state index in [9.17, 15) is 4.79 Å². The summed E-state index contributed by atoms with van der Waals surface area (Å²) >= 11 is 0. The van der Waals surface area contributed by atoms with Gasteiger partial charge < -0.3 is 18.7 Å². The number of benzene rings is 1. The Hall–Kier alpha value is -3.24. The Morgan fingerprint density at radius 1 is 1.36 bits per heavy atom. The highest BCUT2D eigenvalue weighted by molar-refractivity contribution is 5.85. The van der Waals surface area contributed by atoms with E-state index in [0.717, 1.165) is 33.3 Å². The molecule has 10 nitrogen and oxygen atoms in total. The SMILES string of the molecule is COCc1nc(C2(c3nn(C)c(=O)o3)NCCc3c2[nH]c2ccccc32)no1. The number of aryl methyl sites for hydroxylation is 1. The van der Waals surface area contributed by atoms with E-state index in [0.29, 0.717) is 18.3 Å². The number of H-pyrrole nitrogens is 1. The Bertz CT molecular complexity index is 1220. The minimum atomic E-state index is -1.18. The van der Waals surface area contributed by atoms with E-state index in [1.54, 1.807) is 7.11 Å². The average Bonchev–Trinajstić information content (AvgIpc) is 3.40. The standard InChI is InChI=1S/C18H18N6O4/c1-24-17(25)27-16(22-24)18(15-21-13(9-26-2)28-23-15)14-11(7-8-19-18)10-5-3-4-6-12(10)20-14/h3-6,19-20H,7-9H2,1-2H3. The van der Waals surface area contributed by atoms with Crippen LogP contribution in [0.5, 0.6) is 0 Å². The smallest absolute Gasteiger partial charge is 0.389 e. The number of nitrogens with zero attached hydrogens (tertiary/aromatic N) is 4. The van der Waals surface area contributed by atoms with Gasteiger partial charge in [0.2, 0.25) is 11.4 Å². The molecule has 144 valence electrons. The van der Waals surface area contributed by atoms with Gasteiger partial charge in [-0.25, -0.2) is 4.79 Å². The number of para-hydroxylation sites is 1. The molecule has 5 rings (SSSR count). The molecule has 1 aromatic carbocycles. The van der Waals surface area contributed by atoms with Gasteiger partial charge in [0.05, 0.1) is 5.69 Å². The quantitative estimate of drug-likeness (QED) is 0.532. The molecule has 3 aromatic heterocycles. The zero-order valence-corrected chi connectivity index (χ0v) is 15.4. The maximum Gasteiger partial charge on any atom is 0.436 e. The molecule has 1 atom stereocenters. The zero-order chi connectivity index (χ0) is 19.3. The molecule has 0 saturated heterocycles. The molecular weight excluding hydrogens is 364 g/mol. The van der Waals surface area contributed by atoms with E-state index >= 15 is 0 Å². The van der Waals surface area contributed by atoms with Crippen molar-refractivity contribution in [3.05, 3.63) is 63.7 Å². The molecule has 0 amide bonds. The largest absolute Gasteiger partial charge is 0.436 e. The molecule has 0 spiro atoms. The first-order valence-corrected chi connectivity index (χ1v) is 8.85. The molecule has 4 aromatic rings. The third-order valence-corrected chi connectivity index (χ3v) is 5.03. The first-order chi connectivity index (χ1) is 13.6. The number of aromatic nitrogens is 5. The Morgan fingerprint density at radius 2 is 2.21 bits per heavy atom. The van der Waals surface area contributed by atoms with Crippen LogP contribution in [0.2, 0.25) is 0 Å². The molecule has 0 radical (unpaired) electrons. The average molecular weight is 382 g/mol. The van der Waals surface area contributed by atoms with Crippen molar-refractivity contribution in [2.45, 2.75) is 18.6 Å². The zero-order valence-electron chi connectivity index (χ0n) is 15.4. The second-order valence-electron chi connectivity index (χ2n) is 6.69. The highest BCUT2D eigenvalue weighted by Gasteiger charge is 2.50. The number of hydrogen-bond acceptors (Lipinski definition) is 8. The highest BCUT2D eigenvalue weighted by Crippen LogP contribution is 2.40. The second-order valence-corrected chi connectivity index (χ2v) is 6.69. The minimum Gasteiger partial charge on any atom is -0.389 e. The molecule has 0 saturated carbocycles. The molecule has 1 aliphatic rings. The van der Waals surface area contributed by atoms with E-state index in [1.807, 2.05) is 18.2 Å². The number of rotatable bonds is 4. The first-order valence-electron chi connectivity index (χ1n) is 8.85. The summed E-state index contributed by atoms with van der Waals surface area (Å²) in [7, 11) is 3.08. The fourth-order valence-corrected chi connectivity index (χ4v) is 3.80. The summed E-state index contributed by atoms with van der Waals surface area (Å²) in [6, 6.07) is 8.01. The number of ether oxygens (including phenoxy) is 1. The van der Waals surface area contributed by atoms with Crippen LogP contribution in [0.1, 0.15) is 28.9 Å². The van der Waals surface area contributed by atoms with Crippen LogP contribution < -0.4 is 11.1 Å². The van der Waals surface area contributed by atoms with Gasteiger partial charge >= 0.3 is 5.76 Å². The second kappa shape index (κ2) is 6.14. The number of methoxy groups -OCH3 is 1. The van der Waals surface area contributed by atoms with Crippen molar-refractivity contribution in [3.8, 4) is 0 Å². The Balaban J connectivity index is 1.82. The molecule has 28 heavy (non-hydrogen) atoms. The van der Waals surface area contributed by atoms with Gasteiger partial charge in [-0.2, -0.15) is 9.67 Å². The van der Waals surface area contributed by atoms with E-state index in [1.165, 1.54) is 7.05 Å². The van der Waals surface area contributed by atoms with Crippen LogP contribution in [-0.4, -0.2) is 38.6 Å². The van der Waals surface area contributed by atoms with Gasteiger partial charge in [0.15, 0.2) is 0 Å². The summed E-state index contributed by atoms with van der Waals surface area (Å²) in [6.07, 6.45) is 0.793. The van der Waals surface area contributed by atoms with E-state index in [-0.39, 0.29) is 12.5 Å². The van der Waals surface area contributed by atoms with Crippen LogP contribution in [0.25, 0.3) is 10.9 Å². The summed E-state index contributed by atoms with van der Waals surface area (Å²) in [6.45, 7) is 0.790. The van der Waals surface area contributed by atoms with Gasteiger partial charge in [-0.15, -0.1) is 5.10 Å². The Morgan fingerprint density at radius 3 is 3.00 bits per heavy atom. The minimum absolute atomic E-state index is 0.150. The summed E-state index contributed by atoms with van der Waals surface area (Å²) in [5, 5.41) is 13.0. The summed E-state index contributed by atoms with van der Waals surface area (Å²) < 4.78 is 17.1. The third-order valence-electron chi connectivity index (χ3n) is 5.03. The lowest BCUT2D eigenvalue weighted by Crippen LogP contribution is -2.50. The molecule has 0 fully saturated rings.